The molecule has 0 saturated carbocycles. The molecule has 2 aliphatic heterocycles. The van der Waals surface area contributed by atoms with Crippen molar-refractivity contribution in [2.75, 3.05) is 0 Å². The van der Waals surface area contributed by atoms with E-state index in [1.165, 1.54) is 0 Å². The summed E-state index contributed by atoms with van der Waals surface area (Å²) in [6, 6.07) is 10.7. The summed E-state index contributed by atoms with van der Waals surface area (Å²) in [6.45, 7) is 12.2. The van der Waals surface area contributed by atoms with Crippen LogP contribution in [0, 0.1) is 0 Å². The summed E-state index contributed by atoms with van der Waals surface area (Å²) in [4.78, 5) is 14.9. The number of rotatable bonds is 6. The summed E-state index contributed by atoms with van der Waals surface area (Å²) in [5.74, 6) is 1.59. The van der Waals surface area contributed by atoms with Gasteiger partial charge in [0.15, 0.2) is 14.1 Å². The SMILES string of the molecule is CC(C)(O[Si](C)(C)C(C)(C)C)c1ncc(-c2ccc3nc4n(c3c2)C2CC4NC(=S)c3cccc(OC(F)F)c32)cn1. The van der Waals surface area contributed by atoms with Crippen LogP contribution >= 0.6 is 12.2 Å². The van der Waals surface area contributed by atoms with Gasteiger partial charge in [-0.25, -0.2) is 15.0 Å². The highest BCUT2D eigenvalue weighted by Gasteiger charge is 2.43. The Hall–Kier alpha value is -3.28. The van der Waals surface area contributed by atoms with E-state index in [0.717, 1.165) is 28.0 Å². The number of halogens is 2. The van der Waals surface area contributed by atoms with Gasteiger partial charge in [-0.15, -0.1) is 0 Å². The van der Waals surface area contributed by atoms with E-state index < -0.39 is 20.5 Å². The van der Waals surface area contributed by atoms with Gasteiger partial charge < -0.3 is 19.0 Å². The summed E-state index contributed by atoms with van der Waals surface area (Å²) in [7, 11) is -2.04. The molecular weight excluding hydrogens is 573 g/mol. The summed E-state index contributed by atoms with van der Waals surface area (Å²) in [5, 5.41) is 3.46. The van der Waals surface area contributed by atoms with Gasteiger partial charge in [-0.2, -0.15) is 8.78 Å². The maximum Gasteiger partial charge on any atom is 0.387 e. The Morgan fingerprint density at radius 1 is 1.05 bits per heavy atom. The molecule has 42 heavy (non-hydrogen) atoms. The van der Waals surface area contributed by atoms with Crippen LogP contribution in [0.3, 0.4) is 0 Å². The van der Waals surface area contributed by atoms with Crippen molar-refractivity contribution in [3.8, 4) is 16.9 Å². The number of hydrogen-bond acceptors (Lipinski definition) is 6. The van der Waals surface area contributed by atoms with Crippen LogP contribution in [0.15, 0.2) is 48.8 Å². The predicted octanol–water partition coefficient (Wildman–Crippen LogP) is 7.66. The van der Waals surface area contributed by atoms with Crippen LogP contribution in [0.25, 0.3) is 22.2 Å². The first kappa shape index (κ1) is 28.8. The minimum absolute atomic E-state index is 0.0652. The van der Waals surface area contributed by atoms with Gasteiger partial charge in [0.1, 0.15) is 22.2 Å². The van der Waals surface area contributed by atoms with E-state index >= 15 is 0 Å². The number of hydrogen-bond donors (Lipinski definition) is 1. The summed E-state index contributed by atoms with van der Waals surface area (Å²) in [6.07, 6.45) is 4.28. The molecule has 0 amide bonds. The fourth-order valence-corrected chi connectivity index (χ4v) is 7.81. The molecule has 4 heterocycles. The summed E-state index contributed by atoms with van der Waals surface area (Å²) < 4.78 is 40.5. The third kappa shape index (κ3) is 4.81. The van der Waals surface area contributed by atoms with E-state index in [1.54, 1.807) is 12.1 Å². The van der Waals surface area contributed by atoms with E-state index in [2.05, 4.69) is 49.8 Å². The lowest BCUT2D eigenvalue weighted by Gasteiger charge is -2.42. The first-order valence-electron chi connectivity index (χ1n) is 14.1. The van der Waals surface area contributed by atoms with Gasteiger partial charge in [-0.1, -0.05) is 51.2 Å². The lowest BCUT2D eigenvalue weighted by molar-refractivity contribution is -0.0506. The Bertz CT molecular complexity index is 1700. The molecule has 6 rings (SSSR count). The van der Waals surface area contributed by atoms with Crippen molar-refractivity contribution < 1.29 is 17.9 Å². The zero-order valence-electron chi connectivity index (χ0n) is 24.8. The van der Waals surface area contributed by atoms with Crippen molar-refractivity contribution in [3.63, 3.8) is 0 Å². The predicted molar refractivity (Wildman–Crippen MR) is 165 cm³/mol. The van der Waals surface area contributed by atoms with Crippen molar-refractivity contribution in [3.05, 3.63) is 71.6 Å². The Kier molecular flexibility index (Phi) is 6.78. The van der Waals surface area contributed by atoms with Gasteiger partial charge in [-0.3, -0.25) is 0 Å². The maximum atomic E-state index is 13.4. The molecule has 0 fully saturated rings. The average molecular weight is 608 g/mol. The molecule has 11 heteroatoms. The van der Waals surface area contributed by atoms with E-state index in [-0.39, 0.29) is 22.9 Å². The number of imidazole rings is 1. The van der Waals surface area contributed by atoms with Gasteiger partial charge in [0.25, 0.3) is 0 Å². The van der Waals surface area contributed by atoms with Crippen molar-refractivity contribution >= 4 is 36.6 Å². The summed E-state index contributed by atoms with van der Waals surface area (Å²) >= 11 is 5.65. The van der Waals surface area contributed by atoms with Crippen molar-refractivity contribution in [1.82, 2.24) is 24.8 Å². The maximum absolute atomic E-state index is 13.4. The Labute approximate surface area is 250 Å². The molecule has 0 saturated heterocycles. The average Bonchev–Trinajstić information content (AvgIpc) is 3.39. The lowest BCUT2D eigenvalue weighted by atomic mass is 9.97. The zero-order chi connectivity index (χ0) is 30.2. The molecule has 1 N–H and O–H groups in total. The van der Waals surface area contributed by atoms with Crippen molar-refractivity contribution in [2.45, 2.75) is 83.5 Å². The highest BCUT2D eigenvalue weighted by atomic mass is 32.1. The highest BCUT2D eigenvalue weighted by molar-refractivity contribution is 7.80. The molecule has 2 unspecified atom stereocenters. The van der Waals surface area contributed by atoms with E-state index in [0.29, 0.717) is 28.4 Å². The molecule has 2 aromatic heterocycles. The molecule has 2 atom stereocenters. The molecule has 4 aromatic rings. The number of fused-ring (bicyclic) bond motifs is 9. The second-order valence-corrected chi connectivity index (χ2v) is 18.2. The van der Waals surface area contributed by atoms with Crippen molar-refractivity contribution in [1.29, 1.82) is 0 Å². The Morgan fingerprint density at radius 2 is 1.76 bits per heavy atom. The van der Waals surface area contributed by atoms with Crippen LogP contribution in [-0.2, 0) is 10.0 Å². The minimum Gasteiger partial charge on any atom is -0.434 e. The molecule has 2 aliphatic rings. The fourth-order valence-electron chi connectivity index (χ4n) is 5.81. The monoisotopic (exact) mass is 607 g/mol. The summed E-state index contributed by atoms with van der Waals surface area (Å²) in [5.41, 5.74) is 4.22. The molecule has 0 radical (unpaired) electrons. The topological polar surface area (TPSA) is 74.1 Å². The fraction of sp³-hybridized carbons (Fsp3) is 0.419. The molecule has 0 spiro atoms. The first-order chi connectivity index (χ1) is 19.7. The minimum atomic E-state index is -2.94. The molecular formula is C31H35F2N5O2SSi. The Balaban J connectivity index is 1.38. The second-order valence-electron chi connectivity index (χ2n) is 13.1. The number of nitrogens with one attached hydrogen (secondary N) is 1. The molecule has 220 valence electrons. The molecule has 2 aromatic carbocycles. The third-order valence-corrected chi connectivity index (χ3v) is 13.8. The van der Waals surface area contributed by atoms with Crippen LogP contribution in [0.2, 0.25) is 18.1 Å². The largest absolute Gasteiger partial charge is 0.434 e. The highest BCUT2D eigenvalue weighted by Crippen LogP contribution is 2.48. The Morgan fingerprint density at radius 3 is 2.43 bits per heavy atom. The lowest BCUT2D eigenvalue weighted by Crippen LogP contribution is -2.46. The van der Waals surface area contributed by atoms with Crippen LogP contribution < -0.4 is 10.1 Å². The number of thiocarbonyl (C=S) groups is 1. The number of aromatic nitrogens is 4. The number of ether oxygens (including phenoxy) is 1. The molecule has 0 aliphatic carbocycles. The van der Waals surface area contributed by atoms with E-state index in [1.807, 2.05) is 44.4 Å². The first-order valence-corrected chi connectivity index (χ1v) is 17.4. The second kappa shape index (κ2) is 9.89. The molecule has 7 nitrogen and oxygen atoms in total. The smallest absolute Gasteiger partial charge is 0.387 e. The standard InChI is InChI=1S/C31H35F2N5O2SSi/c1-30(2,3)42(6,7)40-31(4,5)28-34-15-18(16-35-28)17-11-12-20-22(13-17)38-23-14-21(26(38)36-20)37-27(41)19-9-8-10-24(25(19)23)39-29(32)33/h8-13,15-16,21,23,29H,14H2,1-7H3,(H,37,41). The van der Waals surface area contributed by atoms with Crippen LogP contribution in [0.4, 0.5) is 8.78 Å². The van der Waals surface area contributed by atoms with Crippen molar-refractivity contribution in [2.24, 2.45) is 0 Å². The van der Waals surface area contributed by atoms with Crippen LogP contribution in [0.5, 0.6) is 5.75 Å². The van der Waals surface area contributed by atoms with Crippen LogP contribution in [-0.4, -0.2) is 39.4 Å². The number of benzene rings is 2. The van der Waals surface area contributed by atoms with Crippen LogP contribution in [0.1, 0.15) is 75.9 Å². The molecule has 2 bridgehead atoms. The number of alkyl halides is 2. The number of nitrogens with zero attached hydrogens (tertiary/aromatic N) is 4. The van der Waals surface area contributed by atoms with Gasteiger partial charge in [0.2, 0.25) is 0 Å². The van der Waals surface area contributed by atoms with Gasteiger partial charge >= 0.3 is 6.61 Å². The van der Waals surface area contributed by atoms with E-state index in [4.69, 9.17) is 36.3 Å². The quantitative estimate of drug-likeness (QED) is 0.178. The van der Waals surface area contributed by atoms with Gasteiger partial charge in [-0.05, 0) is 62.2 Å². The normalized spacial score (nSPS) is 18.6. The third-order valence-electron chi connectivity index (χ3n) is 8.80. The van der Waals surface area contributed by atoms with Gasteiger partial charge in [0, 0.05) is 29.1 Å². The van der Waals surface area contributed by atoms with Gasteiger partial charge in [0.05, 0.1) is 23.1 Å². The van der Waals surface area contributed by atoms with E-state index in [9.17, 15) is 8.78 Å². The zero-order valence-corrected chi connectivity index (χ0v) is 26.6.